The first-order valence-electron chi connectivity index (χ1n) is 1.37. The van der Waals surface area contributed by atoms with Gasteiger partial charge in [0.05, 0.1) is 0 Å². The smallest absolute Gasteiger partial charge is 0.0245 e. The molecule has 5 heteroatoms. The standard InChI is InChI=1S/C3H6NS.3FH/c1-2-3-4-5;;;/h2,4H,1,3H2;3*1H. The Bertz CT molecular complexity index is 35.7. The van der Waals surface area contributed by atoms with Crippen LogP contribution in [-0.2, 0) is 0 Å². The summed E-state index contributed by atoms with van der Waals surface area (Å²) in [5, 5.41) is 0. The molecular formula is C3H9F3NS. The van der Waals surface area contributed by atoms with Gasteiger partial charge >= 0.3 is 0 Å². The van der Waals surface area contributed by atoms with Crippen molar-refractivity contribution in [3.63, 3.8) is 0 Å². The van der Waals surface area contributed by atoms with Gasteiger partial charge in [0.1, 0.15) is 0 Å². The van der Waals surface area contributed by atoms with E-state index in [1.165, 1.54) is 0 Å². The largest absolute Gasteiger partial charge is 0.269 e. The maximum atomic E-state index is 4.33. The normalized spacial score (nSPS) is 4.62. The minimum Gasteiger partial charge on any atom is -0.269 e. The molecule has 0 saturated carbocycles. The first-order valence-corrected chi connectivity index (χ1v) is 1.78. The van der Waals surface area contributed by atoms with Crippen LogP contribution in [0.15, 0.2) is 12.7 Å². The minimum absolute atomic E-state index is 0. The first kappa shape index (κ1) is 24.9. The van der Waals surface area contributed by atoms with Gasteiger partial charge < -0.3 is 0 Å². The minimum atomic E-state index is 0. The zero-order valence-corrected chi connectivity index (χ0v) is 4.94. The number of hydrogen-bond acceptors (Lipinski definition) is 1. The lowest BCUT2D eigenvalue weighted by Gasteiger charge is -1.76. The molecular weight excluding hydrogens is 139 g/mol. The van der Waals surface area contributed by atoms with Crippen LogP contribution < -0.4 is 4.72 Å². The Balaban J connectivity index is -0.0000000267. The van der Waals surface area contributed by atoms with Crippen LogP contribution >= 0.6 is 12.8 Å². The van der Waals surface area contributed by atoms with Crippen molar-refractivity contribution >= 4 is 12.8 Å². The van der Waals surface area contributed by atoms with Gasteiger partial charge in [0.2, 0.25) is 0 Å². The summed E-state index contributed by atoms with van der Waals surface area (Å²) in [7, 11) is 0. The fourth-order valence-electron chi connectivity index (χ4n) is 0.0589. The van der Waals surface area contributed by atoms with Gasteiger partial charge in [-0.2, -0.15) is 0 Å². The summed E-state index contributed by atoms with van der Waals surface area (Å²) in [6.45, 7) is 4.14. The summed E-state index contributed by atoms with van der Waals surface area (Å²) in [6.07, 6.45) is 1.72. The van der Waals surface area contributed by atoms with Crippen LogP contribution in [0, 0.1) is 0 Å². The van der Waals surface area contributed by atoms with E-state index in [0.29, 0.717) is 0 Å². The van der Waals surface area contributed by atoms with E-state index in [4.69, 9.17) is 0 Å². The Labute approximate surface area is 51.8 Å². The Hall–Kier alpha value is -0.160. The number of halogens is 3. The van der Waals surface area contributed by atoms with E-state index in [1.54, 1.807) is 6.08 Å². The maximum Gasteiger partial charge on any atom is 0.0245 e. The van der Waals surface area contributed by atoms with E-state index < -0.39 is 0 Å². The molecule has 0 aliphatic rings. The molecule has 1 N–H and O–H groups in total. The lowest BCUT2D eigenvalue weighted by atomic mass is 10.7. The van der Waals surface area contributed by atoms with Gasteiger partial charge in [0.25, 0.3) is 0 Å². The van der Waals surface area contributed by atoms with Crippen molar-refractivity contribution in [1.29, 1.82) is 0 Å². The van der Waals surface area contributed by atoms with E-state index in [2.05, 4.69) is 24.1 Å². The number of rotatable bonds is 2. The molecule has 0 aliphatic heterocycles. The summed E-state index contributed by atoms with van der Waals surface area (Å²) in [6, 6.07) is 0. The number of hydrogen-bond donors (Lipinski definition) is 1. The van der Waals surface area contributed by atoms with E-state index in [1.807, 2.05) is 0 Å². The van der Waals surface area contributed by atoms with Crippen LogP contribution in [0.3, 0.4) is 0 Å². The van der Waals surface area contributed by atoms with Crippen LogP contribution in [0.2, 0.25) is 0 Å². The van der Waals surface area contributed by atoms with E-state index in [9.17, 15) is 0 Å². The van der Waals surface area contributed by atoms with E-state index in [-0.39, 0.29) is 14.1 Å². The molecule has 53 valence electrons. The van der Waals surface area contributed by atoms with E-state index in [0.717, 1.165) is 6.54 Å². The Morgan fingerprint density at radius 1 is 1.38 bits per heavy atom. The molecule has 0 aromatic rings. The Morgan fingerprint density at radius 3 is 1.75 bits per heavy atom. The zero-order chi connectivity index (χ0) is 4.12. The molecule has 0 rings (SSSR count). The molecule has 0 aromatic heterocycles. The molecule has 0 aromatic carbocycles. The lowest BCUT2D eigenvalue weighted by molar-refractivity contribution is 1.11. The van der Waals surface area contributed by atoms with Crippen LogP contribution in [0.5, 0.6) is 0 Å². The third-order valence-electron chi connectivity index (χ3n) is 0.228. The van der Waals surface area contributed by atoms with Crippen molar-refractivity contribution in [2.24, 2.45) is 0 Å². The zero-order valence-electron chi connectivity index (χ0n) is 4.12. The predicted molar refractivity (Wildman–Crippen MR) is 33.3 cm³/mol. The average Bonchev–Trinajstić information content (AvgIpc) is 1.41. The van der Waals surface area contributed by atoms with Gasteiger partial charge in [-0.1, -0.05) is 6.08 Å². The van der Waals surface area contributed by atoms with Crippen molar-refractivity contribution in [2.45, 2.75) is 0 Å². The molecule has 0 atom stereocenters. The van der Waals surface area contributed by atoms with Crippen LogP contribution in [0.4, 0.5) is 14.1 Å². The van der Waals surface area contributed by atoms with Crippen molar-refractivity contribution in [3.8, 4) is 0 Å². The monoisotopic (exact) mass is 148 g/mol. The SMILES string of the molecule is C=CCN[S].F.F.F. The van der Waals surface area contributed by atoms with Crippen molar-refractivity contribution < 1.29 is 14.1 Å². The topological polar surface area (TPSA) is 12.0 Å². The molecule has 0 fully saturated rings. The molecule has 0 saturated heterocycles. The predicted octanol–water partition coefficient (Wildman–Crippen LogP) is 1.33. The summed E-state index contributed by atoms with van der Waals surface area (Å²) in [5.41, 5.74) is 0. The Morgan fingerprint density at radius 2 is 1.75 bits per heavy atom. The second-order valence-electron chi connectivity index (χ2n) is 0.637. The molecule has 0 spiro atoms. The van der Waals surface area contributed by atoms with Crippen molar-refractivity contribution in [2.75, 3.05) is 6.54 Å². The third kappa shape index (κ3) is 40.4. The average molecular weight is 148 g/mol. The molecule has 8 heavy (non-hydrogen) atoms. The van der Waals surface area contributed by atoms with Gasteiger partial charge in [-0.25, -0.2) is 4.72 Å². The maximum absolute atomic E-state index is 4.33. The van der Waals surface area contributed by atoms with Gasteiger partial charge in [-0.3, -0.25) is 14.1 Å². The molecule has 1 nitrogen and oxygen atoms in total. The highest BCUT2D eigenvalue weighted by Crippen LogP contribution is 1.57. The molecule has 1 radical (unpaired) electrons. The fourth-order valence-corrected chi connectivity index (χ4v) is 0.177. The van der Waals surface area contributed by atoms with Gasteiger partial charge in [0, 0.05) is 19.4 Å². The highest BCUT2D eigenvalue weighted by atomic mass is 32.1. The fraction of sp³-hybridized carbons (Fsp3) is 0.333. The van der Waals surface area contributed by atoms with Crippen LogP contribution in [0.25, 0.3) is 0 Å². The summed E-state index contributed by atoms with van der Waals surface area (Å²) in [5.74, 6) is 0. The van der Waals surface area contributed by atoms with Crippen molar-refractivity contribution in [1.82, 2.24) is 4.72 Å². The molecule has 0 bridgehead atoms. The Kier molecular flexibility index (Phi) is 89.9. The van der Waals surface area contributed by atoms with Gasteiger partial charge in [0.15, 0.2) is 0 Å². The van der Waals surface area contributed by atoms with Crippen molar-refractivity contribution in [3.05, 3.63) is 12.7 Å². The molecule has 0 aliphatic carbocycles. The van der Waals surface area contributed by atoms with Crippen LogP contribution in [0.1, 0.15) is 0 Å². The molecule has 0 heterocycles. The van der Waals surface area contributed by atoms with Crippen LogP contribution in [-0.4, -0.2) is 6.54 Å². The second-order valence-corrected chi connectivity index (χ2v) is 0.926. The third-order valence-corrected chi connectivity index (χ3v) is 0.394. The molecule has 0 unspecified atom stereocenters. The highest BCUT2D eigenvalue weighted by molar-refractivity contribution is 7.78. The summed E-state index contributed by atoms with van der Waals surface area (Å²) >= 11 is 4.33. The molecule has 0 amide bonds. The summed E-state index contributed by atoms with van der Waals surface area (Å²) < 4.78 is 2.48. The first-order chi connectivity index (χ1) is 2.41. The summed E-state index contributed by atoms with van der Waals surface area (Å²) in [4.78, 5) is 0. The number of nitrogens with one attached hydrogen (secondary N) is 1. The quantitative estimate of drug-likeness (QED) is 0.582. The van der Waals surface area contributed by atoms with E-state index >= 15 is 0 Å². The highest BCUT2D eigenvalue weighted by Gasteiger charge is 1.59. The van der Waals surface area contributed by atoms with Gasteiger partial charge in [-0.15, -0.1) is 6.58 Å². The van der Waals surface area contributed by atoms with Gasteiger partial charge in [-0.05, 0) is 0 Å². The lowest BCUT2D eigenvalue weighted by Crippen LogP contribution is -1.93. The second kappa shape index (κ2) is 28.9.